The Hall–Kier alpha value is -3.62. The normalized spacial score (nSPS) is 16.6. The third-order valence-electron chi connectivity index (χ3n) is 7.36. The van der Waals surface area contributed by atoms with Gasteiger partial charge < -0.3 is 20.0 Å². The summed E-state index contributed by atoms with van der Waals surface area (Å²) in [6, 6.07) is 20.3. The minimum atomic E-state index is -0.868. The molecule has 3 amide bonds. The number of hydrogen-bond acceptors (Lipinski definition) is 4. The summed E-state index contributed by atoms with van der Waals surface area (Å²) < 4.78 is 13.2. The number of likely N-dealkylation sites (tertiary alicyclic amines) is 1. The molecule has 5 rings (SSSR count). The number of piperidine rings is 1. The molecule has 1 spiro atoms. The third kappa shape index (κ3) is 5.58. The van der Waals surface area contributed by atoms with Crippen LogP contribution in [0.2, 0.25) is 10.0 Å². The molecule has 39 heavy (non-hydrogen) atoms. The van der Waals surface area contributed by atoms with E-state index in [1.807, 2.05) is 35.2 Å². The number of carbonyl (C=O) groups excluding carboxylic acids is 3. The zero-order chi connectivity index (χ0) is 27.6. The molecule has 2 aliphatic heterocycles. The van der Waals surface area contributed by atoms with Crippen molar-refractivity contribution in [1.29, 1.82) is 0 Å². The average molecular weight is 569 g/mol. The summed E-state index contributed by atoms with van der Waals surface area (Å²) in [6.45, 7) is 1.14. The molecule has 0 saturated carbocycles. The largest absolute Gasteiger partial charge is 0.350 e. The predicted octanol–water partition coefficient (Wildman–Crippen LogP) is 4.73. The van der Waals surface area contributed by atoms with E-state index in [4.69, 9.17) is 23.2 Å². The summed E-state index contributed by atoms with van der Waals surface area (Å²) in [5.41, 5.74) is 1.22. The number of anilines is 1. The van der Waals surface area contributed by atoms with Gasteiger partial charge in [-0.1, -0.05) is 53.5 Å². The number of nitrogens with one attached hydrogen (secondary N) is 1. The predicted molar refractivity (Wildman–Crippen MR) is 148 cm³/mol. The fourth-order valence-corrected chi connectivity index (χ4v) is 5.54. The summed E-state index contributed by atoms with van der Waals surface area (Å²) in [7, 11) is 0. The SMILES string of the molecule is O=C(CN1CN(c2ccccc2)C2(CCN(C(=O)c3ccc(Cl)c(Cl)c3)CC2)C1=O)NCc1ccc(F)cc1. The number of carbonyl (C=O) groups is 3. The van der Waals surface area contributed by atoms with E-state index >= 15 is 0 Å². The molecule has 1 N–H and O–H groups in total. The second kappa shape index (κ2) is 11.2. The molecular formula is C29H27Cl2FN4O3. The molecule has 0 unspecified atom stereocenters. The van der Waals surface area contributed by atoms with E-state index in [1.165, 1.54) is 12.1 Å². The van der Waals surface area contributed by atoms with Crippen LogP contribution in [0.1, 0.15) is 28.8 Å². The van der Waals surface area contributed by atoms with Crippen LogP contribution in [0.5, 0.6) is 0 Å². The first-order valence-corrected chi connectivity index (χ1v) is 13.4. The lowest BCUT2D eigenvalue weighted by atomic mass is 9.85. The summed E-state index contributed by atoms with van der Waals surface area (Å²) in [4.78, 5) is 45.1. The minimum absolute atomic E-state index is 0.100. The van der Waals surface area contributed by atoms with Crippen molar-refractivity contribution in [2.24, 2.45) is 0 Å². The van der Waals surface area contributed by atoms with E-state index < -0.39 is 5.54 Å². The van der Waals surface area contributed by atoms with Gasteiger partial charge in [-0.25, -0.2) is 4.39 Å². The highest BCUT2D eigenvalue weighted by Crippen LogP contribution is 2.39. The standard InChI is InChI=1S/C29H27Cl2FN4O3/c30-24-11-8-21(16-25(24)31)27(38)34-14-12-29(13-15-34)28(39)35(19-36(29)23-4-2-1-3-5-23)18-26(37)33-17-20-6-9-22(32)10-7-20/h1-11,16H,12-15,17-19H2,(H,33,37). The van der Waals surface area contributed by atoms with Crippen LogP contribution in [0.3, 0.4) is 0 Å². The van der Waals surface area contributed by atoms with Gasteiger partial charge >= 0.3 is 0 Å². The Morgan fingerprint density at radius 1 is 0.923 bits per heavy atom. The van der Waals surface area contributed by atoms with Gasteiger partial charge in [0.1, 0.15) is 17.9 Å². The molecule has 202 valence electrons. The van der Waals surface area contributed by atoms with E-state index in [0.29, 0.717) is 41.5 Å². The second-order valence-corrected chi connectivity index (χ2v) is 10.6. The highest BCUT2D eigenvalue weighted by Gasteiger charge is 2.54. The number of rotatable bonds is 6. The number of hydrogen-bond donors (Lipinski definition) is 1. The van der Waals surface area contributed by atoms with Crippen molar-refractivity contribution in [3.63, 3.8) is 0 Å². The van der Waals surface area contributed by atoms with Crippen LogP contribution in [-0.2, 0) is 16.1 Å². The van der Waals surface area contributed by atoms with Crippen molar-refractivity contribution in [2.75, 3.05) is 31.2 Å². The maximum absolute atomic E-state index is 13.9. The lowest BCUT2D eigenvalue weighted by molar-refractivity contribution is -0.137. The summed E-state index contributed by atoms with van der Waals surface area (Å²) in [5, 5.41) is 3.50. The molecule has 2 heterocycles. The monoisotopic (exact) mass is 568 g/mol. The highest BCUT2D eigenvalue weighted by molar-refractivity contribution is 6.42. The van der Waals surface area contributed by atoms with E-state index in [2.05, 4.69) is 5.32 Å². The Balaban J connectivity index is 1.30. The Kier molecular flexibility index (Phi) is 7.77. The van der Waals surface area contributed by atoms with Crippen LogP contribution in [0.25, 0.3) is 0 Å². The summed E-state index contributed by atoms with van der Waals surface area (Å²) >= 11 is 12.1. The smallest absolute Gasteiger partial charge is 0.253 e. The van der Waals surface area contributed by atoms with Crippen molar-refractivity contribution in [3.05, 3.63) is 99.8 Å². The number of halogens is 3. The summed E-state index contributed by atoms with van der Waals surface area (Å²) in [5.74, 6) is -0.948. The molecule has 2 saturated heterocycles. The Morgan fingerprint density at radius 2 is 1.62 bits per heavy atom. The molecule has 0 aliphatic carbocycles. The topological polar surface area (TPSA) is 73.0 Å². The lowest BCUT2D eigenvalue weighted by Crippen LogP contribution is -2.57. The summed E-state index contributed by atoms with van der Waals surface area (Å²) in [6.07, 6.45) is 0.836. The van der Waals surface area contributed by atoms with Crippen LogP contribution in [-0.4, -0.2) is 59.4 Å². The maximum Gasteiger partial charge on any atom is 0.253 e. The fourth-order valence-electron chi connectivity index (χ4n) is 5.25. The molecule has 0 bridgehead atoms. The molecule has 2 fully saturated rings. The zero-order valence-electron chi connectivity index (χ0n) is 21.1. The average Bonchev–Trinajstić information content (AvgIpc) is 3.21. The van der Waals surface area contributed by atoms with Gasteiger partial charge in [-0.2, -0.15) is 0 Å². The van der Waals surface area contributed by atoms with Crippen molar-refractivity contribution >= 4 is 46.6 Å². The molecule has 0 radical (unpaired) electrons. The van der Waals surface area contributed by atoms with Gasteiger partial charge in [0.05, 0.1) is 16.7 Å². The first-order valence-electron chi connectivity index (χ1n) is 12.6. The number of para-hydroxylation sites is 1. The van der Waals surface area contributed by atoms with Gasteiger partial charge in [-0.3, -0.25) is 14.4 Å². The molecule has 0 atom stereocenters. The first kappa shape index (κ1) is 27.0. The molecule has 2 aliphatic rings. The van der Waals surface area contributed by atoms with Crippen molar-refractivity contribution in [3.8, 4) is 0 Å². The quantitative estimate of drug-likeness (QED) is 0.466. The van der Waals surface area contributed by atoms with Crippen LogP contribution < -0.4 is 10.2 Å². The minimum Gasteiger partial charge on any atom is -0.350 e. The van der Waals surface area contributed by atoms with Crippen molar-refractivity contribution < 1.29 is 18.8 Å². The third-order valence-corrected chi connectivity index (χ3v) is 8.10. The molecule has 10 heteroatoms. The van der Waals surface area contributed by atoms with Crippen molar-refractivity contribution in [2.45, 2.75) is 24.9 Å². The van der Waals surface area contributed by atoms with E-state index in [9.17, 15) is 18.8 Å². The van der Waals surface area contributed by atoms with Gasteiger partial charge in [-0.05, 0) is 60.9 Å². The molecule has 3 aromatic carbocycles. The van der Waals surface area contributed by atoms with E-state index in [0.717, 1.165) is 11.3 Å². The van der Waals surface area contributed by atoms with Crippen molar-refractivity contribution in [1.82, 2.24) is 15.1 Å². The van der Waals surface area contributed by atoms with Gasteiger partial charge in [-0.15, -0.1) is 0 Å². The van der Waals surface area contributed by atoms with Crippen LogP contribution in [0, 0.1) is 5.82 Å². The fraction of sp³-hybridized carbons (Fsp3) is 0.276. The first-order chi connectivity index (χ1) is 18.8. The second-order valence-electron chi connectivity index (χ2n) is 9.76. The molecule has 0 aromatic heterocycles. The Bertz CT molecular complexity index is 1380. The maximum atomic E-state index is 13.9. The number of amides is 3. The molecule has 3 aromatic rings. The van der Waals surface area contributed by atoms with Gasteiger partial charge in [0.25, 0.3) is 11.8 Å². The van der Waals surface area contributed by atoms with E-state index in [1.54, 1.807) is 40.1 Å². The van der Waals surface area contributed by atoms with Crippen LogP contribution >= 0.6 is 23.2 Å². The highest BCUT2D eigenvalue weighted by atomic mass is 35.5. The zero-order valence-corrected chi connectivity index (χ0v) is 22.6. The number of benzene rings is 3. The van der Waals surface area contributed by atoms with Gasteiger partial charge in [0, 0.05) is 30.9 Å². The lowest BCUT2D eigenvalue weighted by Gasteiger charge is -2.43. The molecular weight excluding hydrogens is 542 g/mol. The van der Waals surface area contributed by atoms with Crippen LogP contribution in [0.4, 0.5) is 10.1 Å². The Morgan fingerprint density at radius 3 is 2.28 bits per heavy atom. The van der Waals surface area contributed by atoms with Gasteiger partial charge in [0.15, 0.2) is 0 Å². The van der Waals surface area contributed by atoms with E-state index in [-0.39, 0.29) is 43.3 Å². The molecule has 7 nitrogen and oxygen atoms in total. The number of nitrogens with zero attached hydrogens (tertiary/aromatic N) is 3. The van der Waals surface area contributed by atoms with Crippen LogP contribution in [0.15, 0.2) is 72.8 Å². The Labute approximate surface area is 236 Å². The van der Waals surface area contributed by atoms with Gasteiger partial charge in [0.2, 0.25) is 5.91 Å².